The largest absolute Gasteiger partial charge is 0.310 e. The molecule has 1 heterocycles. The van der Waals surface area contributed by atoms with Crippen molar-refractivity contribution in [3.05, 3.63) is 23.3 Å². The summed E-state index contributed by atoms with van der Waals surface area (Å²) >= 11 is 0. The van der Waals surface area contributed by atoms with Crippen LogP contribution in [-0.4, -0.2) is 35.5 Å². The quantitative estimate of drug-likeness (QED) is 0.903. The molecule has 1 unspecified atom stereocenters. The molecule has 0 aliphatic heterocycles. The van der Waals surface area contributed by atoms with Gasteiger partial charge in [0.2, 0.25) is 0 Å². The summed E-state index contributed by atoms with van der Waals surface area (Å²) in [5.74, 6) is 0.927. The van der Waals surface area contributed by atoms with E-state index in [0.717, 1.165) is 31.8 Å². The van der Waals surface area contributed by atoms with Gasteiger partial charge in [-0.05, 0) is 38.9 Å². The van der Waals surface area contributed by atoms with Gasteiger partial charge in [-0.2, -0.15) is 0 Å². The van der Waals surface area contributed by atoms with Gasteiger partial charge in [0, 0.05) is 23.5 Å². The van der Waals surface area contributed by atoms with Crippen LogP contribution in [-0.2, 0) is 13.0 Å². The van der Waals surface area contributed by atoms with Gasteiger partial charge < -0.3 is 10.2 Å². The smallest absolute Gasteiger partial charge is 0.142 e. The van der Waals surface area contributed by atoms with Crippen molar-refractivity contribution >= 4 is 0 Å². The Hall–Kier alpha value is -1.00. The first-order valence-corrected chi connectivity index (χ1v) is 7.14. The summed E-state index contributed by atoms with van der Waals surface area (Å²) in [4.78, 5) is 11.4. The third kappa shape index (κ3) is 3.51. The van der Waals surface area contributed by atoms with Gasteiger partial charge in [0.1, 0.15) is 5.82 Å². The Morgan fingerprint density at radius 2 is 2.16 bits per heavy atom. The van der Waals surface area contributed by atoms with E-state index in [9.17, 15) is 0 Å². The lowest BCUT2D eigenvalue weighted by Gasteiger charge is -2.36. The number of hydrogen-bond acceptors (Lipinski definition) is 4. The first-order valence-electron chi connectivity index (χ1n) is 7.14. The molecule has 0 amide bonds. The summed E-state index contributed by atoms with van der Waals surface area (Å²) in [6.07, 6.45) is 4.24. The minimum absolute atomic E-state index is 0.309. The van der Waals surface area contributed by atoms with Gasteiger partial charge in [0.05, 0.1) is 6.54 Å². The van der Waals surface area contributed by atoms with Gasteiger partial charge in [-0.25, -0.2) is 9.97 Å². The van der Waals surface area contributed by atoms with Crippen molar-refractivity contribution in [2.24, 2.45) is 5.41 Å². The third-order valence-electron chi connectivity index (χ3n) is 3.64. The predicted octanol–water partition coefficient (Wildman–Crippen LogP) is 2.16. The Morgan fingerprint density at radius 3 is 2.79 bits per heavy atom. The average molecular weight is 262 g/mol. The Bertz CT molecular complexity index is 440. The van der Waals surface area contributed by atoms with Crippen LogP contribution in [0.4, 0.5) is 0 Å². The van der Waals surface area contributed by atoms with Crippen LogP contribution in [0.2, 0.25) is 0 Å². The second kappa shape index (κ2) is 5.55. The highest BCUT2D eigenvalue weighted by Gasteiger charge is 2.33. The van der Waals surface area contributed by atoms with Crippen molar-refractivity contribution in [2.45, 2.75) is 46.2 Å². The lowest BCUT2D eigenvalue weighted by Crippen LogP contribution is -2.34. The van der Waals surface area contributed by atoms with Gasteiger partial charge in [-0.1, -0.05) is 20.8 Å². The van der Waals surface area contributed by atoms with Gasteiger partial charge in [-0.15, -0.1) is 0 Å². The van der Waals surface area contributed by atoms with Gasteiger partial charge in [0.25, 0.3) is 0 Å². The number of aromatic nitrogens is 2. The average Bonchev–Trinajstić information content (AvgIpc) is 2.26. The van der Waals surface area contributed by atoms with E-state index in [2.05, 4.69) is 36.0 Å². The topological polar surface area (TPSA) is 41.1 Å². The highest BCUT2D eigenvalue weighted by Crippen LogP contribution is 2.39. The first kappa shape index (κ1) is 14.4. The Morgan fingerprint density at radius 1 is 1.42 bits per heavy atom. The maximum Gasteiger partial charge on any atom is 0.142 e. The fourth-order valence-electron chi connectivity index (χ4n) is 2.88. The molecule has 19 heavy (non-hydrogen) atoms. The highest BCUT2D eigenvalue weighted by atomic mass is 15.1. The number of nitrogens with zero attached hydrogens (tertiary/aromatic N) is 3. The van der Waals surface area contributed by atoms with Gasteiger partial charge >= 0.3 is 0 Å². The minimum Gasteiger partial charge on any atom is -0.310 e. The van der Waals surface area contributed by atoms with Gasteiger partial charge in [-0.3, -0.25) is 0 Å². The Balaban J connectivity index is 2.31. The molecule has 0 fully saturated rings. The lowest BCUT2D eigenvalue weighted by atomic mass is 9.74. The number of fused-ring (bicyclic) bond motifs is 1. The van der Waals surface area contributed by atoms with Crippen LogP contribution in [0.1, 0.15) is 50.3 Å². The van der Waals surface area contributed by atoms with Crippen LogP contribution in [0.3, 0.4) is 0 Å². The molecule has 1 atom stereocenters. The summed E-state index contributed by atoms with van der Waals surface area (Å²) in [7, 11) is 4.10. The molecule has 0 spiro atoms. The van der Waals surface area contributed by atoms with Gasteiger partial charge in [0.15, 0.2) is 0 Å². The fourth-order valence-corrected chi connectivity index (χ4v) is 2.88. The molecule has 1 N–H and O–H groups in total. The molecule has 0 radical (unpaired) electrons. The van der Waals surface area contributed by atoms with E-state index in [4.69, 9.17) is 4.98 Å². The van der Waals surface area contributed by atoms with Crippen LogP contribution >= 0.6 is 0 Å². The molecule has 1 aromatic heterocycles. The lowest BCUT2D eigenvalue weighted by molar-refractivity contribution is 0.254. The fraction of sp³-hybridized carbons (Fsp3) is 0.733. The molecule has 0 bridgehead atoms. The molecule has 0 saturated heterocycles. The van der Waals surface area contributed by atoms with Crippen molar-refractivity contribution < 1.29 is 0 Å². The van der Waals surface area contributed by atoms with Crippen molar-refractivity contribution in [1.82, 2.24) is 20.2 Å². The second-order valence-corrected chi connectivity index (χ2v) is 6.58. The summed E-state index contributed by atoms with van der Waals surface area (Å²) in [6.45, 7) is 8.60. The maximum atomic E-state index is 4.79. The van der Waals surface area contributed by atoms with E-state index in [1.165, 1.54) is 11.3 Å². The van der Waals surface area contributed by atoms with Crippen molar-refractivity contribution in [1.29, 1.82) is 0 Å². The molecule has 0 saturated carbocycles. The number of rotatable bonds is 4. The van der Waals surface area contributed by atoms with Crippen molar-refractivity contribution in [3.63, 3.8) is 0 Å². The van der Waals surface area contributed by atoms with E-state index >= 15 is 0 Å². The summed E-state index contributed by atoms with van der Waals surface area (Å²) in [5, 5.41) is 3.57. The van der Waals surface area contributed by atoms with E-state index in [1.54, 1.807) is 0 Å². The van der Waals surface area contributed by atoms with E-state index in [1.807, 2.05) is 20.3 Å². The zero-order valence-electron chi connectivity index (χ0n) is 12.8. The van der Waals surface area contributed by atoms with Crippen LogP contribution in [0.25, 0.3) is 0 Å². The summed E-state index contributed by atoms with van der Waals surface area (Å²) < 4.78 is 0. The summed E-state index contributed by atoms with van der Waals surface area (Å²) in [6, 6.07) is 0.400. The zero-order valence-corrected chi connectivity index (χ0v) is 12.8. The predicted molar refractivity (Wildman–Crippen MR) is 77.9 cm³/mol. The molecular formula is C15H26N4. The van der Waals surface area contributed by atoms with E-state index < -0.39 is 0 Å². The van der Waals surface area contributed by atoms with E-state index in [0.29, 0.717) is 11.5 Å². The molecular weight excluding hydrogens is 236 g/mol. The first-order chi connectivity index (χ1) is 8.91. The molecule has 1 aliphatic carbocycles. The molecule has 4 nitrogen and oxygen atoms in total. The maximum absolute atomic E-state index is 4.79. The standard InChI is InChI=1S/C15H26N4/c1-6-16-12-7-15(2,3)8-13-11(12)9-17-14(18-13)10-19(4)5/h9,12,16H,6-8,10H2,1-5H3. The molecule has 106 valence electrons. The van der Waals surface area contributed by atoms with Crippen LogP contribution < -0.4 is 5.32 Å². The monoisotopic (exact) mass is 262 g/mol. The normalized spacial score (nSPS) is 21.5. The zero-order chi connectivity index (χ0) is 14.0. The summed E-state index contributed by atoms with van der Waals surface area (Å²) in [5.41, 5.74) is 2.83. The number of nitrogens with one attached hydrogen (secondary N) is 1. The van der Waals surface area contributed by atoms with Crippen molar-refractivity contribution in [2.75, 3.05) is 20.6 Å². The Labute approximate surface area is 116 Å². The minimum atomic E-state index is 0.309. The molecule has 0 aromatic carbocycles. The second-order valence-electron chi connectivity index (χ2n) is 6.58. The number of hydrogen-bond donors (Lipinski definition) is 1. The molecule has 2 rings (SSSR count). The molecule has 1 aromatic rings. The third-order valence-corrected chi connectivity index (χ3v) is 3.64. The van der Waals surface area contributed by atoms with E-state index in [-0.39, 0.29) is 0 Å². The molecule has 4 heteroatoms. The highest BCUT2D eigenvalue weighted by molar-refractivity contribution is 5.26. The SMILES string of the molecule is CCNC1CC(C)(C)Cc2nc(CN(C)C)ncc21. The molecule has 1 aliphatic rings. The van der Waals surface area contributed by atoms with Crippen LogP contribution in [0.15, 0.2) is 6.20 Å². The van der Waals surface area contributed by atoms with Crippen LogP contribution in [0, 0.1) is 5.41 Å². The van der Waals surface area contributed by atoms with Crippen molar-refractivity contribution in [3.8, 4) is 0 Å². The Kier molecular flexibility index (Phi) is 4.21. The van der Waals surface area contributed by atoms with Crippen LogP contribution in [0.5, 0.6) is 0 Å².